The highest BCUT2D eigenvalue weighted by Crippen LogP contribution is 2.09. The summed E-state index contributed by atoms with van der Waals surface area (Å²) in [6.45, 7) is 4.02. The molecule has 0 aromatic heterocycles. The number of unbranched alkanes of at least 4 members (excludes halogenated alkanes) is 11. The minimum absolute atomic E-state index is 0.149. The van der Waals surface area contributed by atoms with E-state index in [2.05, 4.69) is 19.9 Å². The first-order chi connectivity index (χ1) is 17.0. The number of hydrogen-bond donors (Lipinski definition) is 1. The van der Waals surface area contributed by atoms with Gasteiger partial charge in [0.1, 0.15) is 19.3 Å². The van der Waals surface area contributed by atoms with Crippen LogP contribution in [0.1, 0.15) is 123 Å². The number of allylic oxidation sites excluding steroid dienone is 4. The van der Waals surface area contributed by atoms with Gasteiger partial charge in [-0.1, -0.05) is 89.9 Å². The molecule has 0 aliphatic heterocycles. The van der Waals surface area contributed by atoms with Crippen molar-refractivity contribution < 1.29 is 29.0 Å². The van der Waals surface area contributed by atoms with E-state index in [4.69, 9.17) is 9.47 Å². The normalized spacial score (nSPS) is 12.3. The van der Waals surface area contributed by atoms with Crippen LogP contribution >= 0.6 is 0 Å². The van der Waals surface area contributed by atoms with Gasteiger partial charge < -0.3 is 14.6 Å². The van der Waals surface area contributed by atoms with Gasteiger partial charge in [-0.2, -0.15) is 0 Å². The highest BCUT2D eigenvalue weighted by atomic mass is 16.6. The summed E-state index contributed by atoms with van der Waals surface area (Å²) in [5.74, 6) is -0.517. The predicted octanol–water partition coefficient (Wildman–Crippen LogP) is 6.79. The quantitative estimate of drug-likeness (QED) is 0.0688. The van der Waals surface area contributed by atoms with Gasteiger partial charge in [-0.25, -0.2) is 0 Å². The third-order valence-corrected chi connectivity index (χ3v) is 5.67. The second-order valence-corrected chi connectivity index (χ2v) is 9.20. The first-order valence-electron chi connectivity index (χ1n) is 13.8. The molecule has 6 nitrogen and oxygen atoms in total. The maximum atomic E-state index is 11.8. The summed E-state index contributed by atoms with van der Waals surface area (Å²) in [5.41, 5.74) is 0. The molecule has 0 saturated carbocycles. The van der Waals surface area contributed by atoms with Crippen molar-refractivity contribution in [1.29, 1.82) is 0 Å². The summed E-state index contributed by atoms with van der Waals surface area (Å²) in [4.78, 5) is 35.2. The Morgan fingerprint density at radius 1 is 0.657 bits per heavy atom. The number of hydrogen-bond acceptors (Lipinski definition) is 6. The molecular formula is C29H50O6. The van der Waals surface area contributed by atoms with Crippen molar-refractivity contribution in [3.8, 4) is 0 Å². The van der Waals surface area contributed by atoms with Gasteiger partial charge in [-0.15, -0.1) is 0 Å². The molecule has 0 rings (SSSR count). The third-order valence-electron chi connectivity index (χ3n) is 5.67. The van der Waals surface area contributed by atoms with Crippen molar-refractivity contribution in [3.63, 3.8) is 0 Å². The van der Waals surface area contributed by atoms with Crippen LogP contribution in [0.4, 0.5) is 0 Å². The minimum atomic E-state index is -0.994. The molecule has 0 radical (unpaired) electrons. The number of carbonyl (C=O) groups excluding carboxylic acids is 3. The standard InChI is InChI=1S/C29H50O6/c1-3-5-7-9-10-13-16-20-26(30)21-17-14-11-15-19-23-29(33)35-25-27(31)24-34-28(32)22-18-12-8-6-4-2/h10,13,16,20,27,31H,3-9,11-12,14-15,17-19,21-25H2,1-2H3/b13-10-,20-16+/t27-/m0/s1. The number of esters is 2. The molecule has 35 heavy (non-hydrogen) atoms. The van der Waals surface area contributed by atoms with E-state index in [9.17, 15) is 19.5 Å². The number of ether oxygens (including phenoxy) is 2. The van der Waals surface area contributed by atoms with E-state index >= 15 is 0 Å². The molecule has 0 fully saturated rings. The van der Waals surface area contributed by atoms with E-state index < -0.39 is 6.10 Å². The van der Waals surface area contributed by atoms with Crippen LogP contribution in [-0.2, 0) is 23.9 Å². The van der Waals surface area contributed by atoms with Crippen molar-refractivity contribution in [1.82, 2.24) is 0 Å². The molecule has 0 aromatic carbocycles. The third kappa shape index (κ3) is 25.0. The van der Waals surface area contributed by atoms with Crippen molar-refractivity contribution in [2.24, 2.45) is 0 Å². The summed E-state index contributed by atoms with van der Waals surface area (Å²) < 4.78 is 10.1. The van der Waals surface area contributed by atoms with Gasteiger partial charge in [-0.3, -0.25) is 14.4 Å². The Hall–Kier alpha value is -1.95. The van der Waals surface area contributed by atoms with E-state index in [1.54, 1.807) is 6.08 Å². The Kier molecular flexibility index (Phi) is 23.8. The highest BCUT2D eigenvalue weighted by Gasteiger charge is 2.12. The van der Waals surface area contributed by atoms with E-state index in [1.165, 1.54) is 25.7 Å². The molecular weight excluding hydrogens is 444 g/mol. The molecule has 0 spiro atoms. The van der Waals surface area contributed by atoms with Crippen LogP contribution in [0.25, 0.3) is 0 Å². The lowest BCUT2D eigenvalue weighted by Crippen LogP contribution is -2.25. The molecule has 0 aromatic rings. The van der Waals surface area contributed by atoms with Gasteiger partial charge in [0, 0.05) is 19.3 Å². The average molecular weight is 495 g/mol. The van der Waals surface area contributed by atoms with Crippen LogP contribution in [0.2, 0.25) is 0 Å². The van der Waals surface area contributed by atoms with Crippen molar-refractivity contribution >= 4 is 17.7 Å². The van der Waals surface area contributed by atoms with Gasteiger partial charge in [0.2, 0.25) is 0 Å². The zero-order chi connectivity index (χ0) is 26.0. The van der Waals surface area contributed by atoms with Crippen LogP contribution in [0.15, 0.2) is 24.3 Å². The first kappa shape index (κ1) is 33.0. The van der Waals surface area contributed by atoms with Crippen LogP contribution in [0, 0.1) is 0 Å². The monoisotopic (exact) mass is 494 g/mol. The van der Waals surface area contributed by atoms with Crippen LogP contribution in [-0.4, -0.2) is 42.1 Å². The number of rotatable bonds is 24. The molecule has 0 aliphatic carbocycles. The Balaban J connectivity index is 3.59. The number of ketones is 1. The SMILES string of the molecule is CCCCC/C=C\C=C\C(=O)CCCCCCCC(=O)OC[C@@H](O)COC(=O)CCCCCCC. The zero-order valence-electron chi connectivity index (χ0n) is 22.3. The Morgan fingerprint density at radius 2 is 1.14 bits per heavy atom. The summed E-state index contributed by atoms with van der Waals surface area (Å²) in [6.07, 6.45) is 22.2. The van der Waals surface area contributed by atoms with Gasteiger partial charge >= 0.3 is 11.9 Å². The minimum Gasteiger partial charge on any atom is -0.463 e. The second kappa shape index (κ2) is 25.2. The van der Waals surface area contributed by atoms with E-state index in [-0.39, 0.29) is 30.9 Å². The molecule has 0 saturated heterocycles. The summed E-state index contributed by atoms with van der Waals surface area (Å²) in [7, 11) is 0. The van der Waals surface area contributed by atoms with Crippen molar-refractivity contribution in [3.05, 3.63) is 24.3 Å². The molecule has 1 N–H and O–H groups in total. The second-order valence-electron chi connectivity index (χ2n) is 9.20. The topological polar surface area (TPSA) is 89.9 Å². The van der Waals surface area contributed by atoms with Gasteiger partial charge in [-0.05, 0) is 38.2 Å². The molecule has 0 heterocycles. The maximum Gasteiger partial charge on any atom is 0.305 e. The predicted molar refractivity (Wildman–Crippen MR) is 141 cm³/mol. The first-order valence-corrected chi connectivity index (χ1v) is 13.8. The van der Waals surface area contributed by atoms with Gasteiger partial charge in [0.15, 0.2) is 5.78 Å². The fraction of sp³-hybridized carbons (Fsp3) is 0.759. The Morgan fingerprint density at radius 3 is 1.71 bits per heavy atom. The molecule has 0 amide bonds. The molecule has 0 unspecified atom stereocenters. The summed E-state index contributed by atoms with van der Waals surface area (Å²) in [5, 5.41) is 9.82. The maximum absolute atomic E-state index is 11.8. The van der Waals surface area contributed by atoms with Gasteiger partial charge in [0.05, 0.1) is 0 Å². The molecule has 202 valence electrons. The zero-order valence-corrected chi connectivity index (χ0v) is 22.3. The molecule has 0 bridgehead atoms. The van der Waals surface area contributed by atoms with Crippen molar-refractivity contribution in [2.45, 2.75) is 129 Å². The Labute approximate surface area is 213 Å². The number of carbonyl (C=O) groups is 3. The molecule has 1 atom stereocenters. The van der Waals surface area contributed by atoms with Gasteiger partial charge in [0.25, 0.3) is 0 Å². The number of aliphatic hydroxyl groups is 1. The van der Waals surface area contributed by atoms with Crippen LogP contribution in [0.3, 0.4) is 0 Å². The lowest BCUT2D eigenvalue weighted by atomic mass is 10.1. The summed E-state index contributed by atoms with van der Waals surface area (Å²) in [6, 6.07) is 0. The summed E-state index contributed by atoms with van der Waals surface area (Å²) >= 11 is 0. The van der Waals surface area contributed by atoms with E-state index in [0.29, 0.717) is 19.3 Å². The smallest absolute Gasteiger partial charge is 0.305 e. The average Bonchev–Trinajstić information content (AvgIpc) is 2.84. The lowest BCUT2D eigenvalue weighted by molar-refractivity contribution is -0.152. The molecule has 0 aliphatic rings. The van der Waals surface area contributed by atoms with E-state index in [0.717, 1.165) is 64.2 Å². The van der Waals surface area contributed by atoms with Crippen molar-refractivity contribution in [2.75, 3.05) is 13.2 Å². The largest absolute Gasteiger partial charge is 0.463 e. The van der Waals surface area contributed by atoms with Crippen LogP contribution in [0.5, 0.6) is 0 Å². The lowest BCUT2D eigenvalue weighted by Gasteiger charge is -2.12. The highest BCUT2D eigenvalue weighted by molar-refractivity contribution is 5.89. The fourth-order valence-corrected chi connectivity index (χ4v) is 3.48. The fourth-order valence-electron chi connectivity index (χ4n) is 3.48. The Bertz CT molecular complexity index is 596. The van der Waals surface area contributed by atoms with E-state index in [1.807, 2.05) is 12.2 Å². The molecule has 6 heteroatoms. The number of aliphatic hydroxyl groups excluding tert-OH is 1. The van der Waals surface area contributed by atoms with Crippen LogP contribution < -0.4 is 0 Å².